The average Bonchev–Trinajstić information content (AvgIpc) is 2.21. The monoisotopic (exact) mass is 302 g/mol. The van der Waals surface area contributed by atoms with Gasteiger partial charge in [0.25, 0.3) is 0 Å². The molecule has 4 heteroatoms. The zero-order valence-electron chi connectivity index (χ0n) is 10.1. The molecule has 1 aromatic rings. The Labute approximate surface area is 109 Å². The van der Waals surface area contributed by atoms with E-state index in [1.54, 1.807) is 32.9 Å². The van der Waals surface area contributed by atoms with Crippen molar-refractivity contribution in [2.24, 2.45) is 5.41 Å². The van der Waals surface area contributed by atoms with Crippen LogP contribution in [0.15, 0.2) is 22.7 Å². The third-order valence-electron chi connectivity index (χ3n) is 2.50. The minimum absolute atomic E-state index is 0.0935. The number of hydrogen-bond acceptors (Lipinski definition) is 2. The molecule has 0 radical (unpaired) electrons. The summed E-state index contributed by atoms with van der Waals surface area (Å²) in [4.78, 5) is 11.8. The van der Waals surface area contributed by atoms with E-state index in [4.69, 9.17) is 0 Å². The van der Waals surface area contributed by atoms with Crippen LogP contribution in [0.3, 0.4) is 0 Å². The van der Waals surface area contributed by atoms with Gasteiger partial charge in [-0.15, -0.1) is 0 Å². The highest BCUT2D eigenvalue weighted by Gasteiger charge is 2.29. The zero-order valence-corrected chi connectivity index (χ0v) is 11.7. The van der Waals surface area contributed by atoms with Gasteiger partial charge in [0, 0.05) is 10.9 Å². The molecule has 0 fully saturated rings. The summed E-state index contributed by atoms with van der Waals surface area (Å²) in [7, 11) is 0. The topological polar surface area (TPSA) is 37.3 Å². The Balaban J connectivity index is 2.85. The molecule has 0 saturated carbocycles. The van der Waals surface area contributed by atoms with Gasteiger partial charge in [-0.3, -0.25) is 4.79 Å². The van der Waals surface area contributed by atoms with E-state index >= 15 is 0 Å². The van der Waals surface area contributed by atoms with Crippen molar-refractivity contribution in [3.05, 3.63) is 34.1 Å². The molecule has 0 amide bonds. The number of halogens is 2. The van der Waals surface area contributed by atoms with E-state index in [-0.39, 0.29) is 12.2 Å². The maximum atomic E-state index is 13.4. The van der Waals surface area contributed by atoms with Gasteiger partial charge in [0.15, 0.2) is 5.78 Å². The lowest BCUT2D eigenvalue weighted by Crippen LogP contribution is -2.35. The van der Waals surface area contributed by atoms with Gasteiger partial charge in [0.1, 0.15) is 11.9 Å². The van der Waals surface area contributed by atoms with Crippen LogP contribution in [0.25, 0.3) is 0 Å². The molecule has 1 rings (SSSR count). The largest absolute Gasteiger partial charge is 0.385 e. The molecule has 0 aromatic heterocycles. The second-order valence-electron chi connectivity index (χ2n) is 5.15. The van der Waals surface area contributed by atoms with Gasteiger partial charge < -0.3 is 5.11 Å². The van der Waals surface area contributed by atoms with Crippen LogP contribution in [0, 0.1) is 11.2 Å². The summed E-state index contributed by atoms with van der Waals surface area (Å²) in [6.07, 6.45) is -1.18. The van der Waals surface area contributed by atoms with E-state index in [1.807, 2.05) is 0 Å². The lowest BCUT2D eigenvalue weighted by atomic mass is 9.85. The van der Waals surface area contributed by atoms with Crippen molar-refractivity contribution in [2.75, 3.05) is 0 Å². The molecule has 0 aliphatic rings. The second kappa shape index (κ2) is 5.27. The first-order valence-corrected chi connectivity index (χ1v) is 6.16. The van der Waals surface area contributed by atoms with Crippen molar-refractivity contribution in [2.45, 2.75) is 33.3 Å². The summed E-state index contributed by atoms with van der Waals surface area (Å²) in [5, 5.41) is 9.79. The zero-order chi connectivity index (χ0) is 13.2. The summed E-state index contributed by atoms with van der Waals surface area (Å²) in [6, 6.07) is 4.43. The van der Waals surface area contributed by atoms with Crippen LogP contribution >= 0.6 is 15.9 Å². The van der Waals surface area contributed by atoms with Gasteiger partial charge in [0.05, 0.1) is 0 Å². The molecule has 0 bridgehead atoms. The van der Waals surface area contributed by atoms with Gasteiger partial charge in [0.2, 0.25) is 0 Å². The number of ketones is 1. The third-order valence-corrected chi connectivity index (χ3v) is 2.99. The Kier molecular flexibility index (Phi) is 4.44. The molecule has 94 valence electrons. The SMILES string of the molecule is CC(C)(C)C(O)C(=O)Cc1cc(Br)ccc1F. The highest BCUT2D eigenvalue weighted by Crippen LogP contribution is 2.22. The van der Waals surface area contributed by atoms with Crippen molar-refractivity contribution < 1.29 is 14.3 Å². The van der Waals surface area contributed by atoms with E-state index in [0.717, 1.165) is 0 Å². The average molecular weight is 303 g/mol. The number of Topliss-reactive ketones (excluding diaryl/α,β-unsaturated/α-hetero) is 1. The Morgan fingerprint density at radius 2 is 2.06 bits per heavy atom. The van der Waals surface area contributed by atoms with Crippen molar-refractivity contribution in [1.82, 2.24) is 0 Å². The molecule has 0 aliphatic carbocycles. The number of aliphatic hydroxyl groups excluding tert-OH is 1. The lowest BCUT2D eigenvalue weighted by Gasteiger charge is -2.24. The molecular formula is C13H16BrFO2. The van der Waals surface area contributed by atoms with E-state index in [0.29, 0.717) is 10.0 Å². The molecule has 0 heterocycles. The standard InChI is InChI=1S/C13H16BrFO2/c1-13(2,3)12(17)11(16)7-8-6-9(14)4-5-10(8)15/h4-6,12,17H,7H2,1-3H3. The smallest absolute Gasteiger partial charge is 0.166 e. The van der Waals surface area contributed by atoms with Crippen LogP contribution < -0.4 is 0 Å². The van der Waals surface area contributed by atoms with Gasteiger partial charge in [-0.05, 0) is 29.2 Å². The van der Waals surface area contributed by atoms with E-state index in [2.05, 4.69) is 15.9 Å². The number of benzene rings is 1. The normalized spacial score (nSPS) is 13.5. The maximum Gasteiger partial charge on any atom is 0.166 e. The van der Waals surface area contributed by atoms with Crippen LogP contribution in [-0.2, 0) is 11.2 Å². The van der Waals surface area contributed by atoms with Crippen LogP contribution in [0.2, 0.25) is 0 Å². The fourth-order valence-corrected chi connectivity index (χ4v) is 1.85. The summed E-state index contributed by atoms with van der Waals surface area (Å²) < 4.78 is 14.2. The number of aliphatic hydroxyl groups is 1. The fraction of sp³-hybridized carbons (Fsp3) is 0.462. The highest BCUT2D eigenvalue weighted by molar-refractivity contribution is 9.10. The van der Waals surface area contributed by atoms with Crippen LogP contribution in [0.4, 0.5) is 4.39 Å². The molecular weight excluding hydrogens is 287 g/mol. The van der Waals surface area contributed by atoms with E-state index in [9.17, 15) is 14.3 Å². The van der Waals surface area contributed by atoms with Crippen molar-refractivity contribution in [3.8, 4) is 0 Å². The summed E-state index contributed by atoms with van der Waals surface area (Å²) in [5.74, 6) is -0.794. The number of carbonyl (C=O) groups is 1. The van der Waals surface area contributed by atoms with Gasteiger partial charge in [-0.1, -0.05) is 36.7 Å². The fourth-order valence-electron chi connectivity index (χ4n) is 1.45. The quantitative estimate of drug-likeness (QED) is 0.931. The van der Waals surface area contributed by atoms with Crippen LogP contribution in [0.1, 0.15) is 26.3 Å². The van der Waals surface area contributed by atoms with Crippen LogP contribution in [0.5, 0.6) is 0 Å². The second-order valence-corrected chi connectivity index (χ2v) is 6.06. The van der Waals surface area contributed by atoms with Crippen molar-refractivity contribution in [3.63, 3.8) is 0 Å². The first-order chi connectivity index (χ1) is 7.71. The van der Waals surface area contributed by atoms with Gasteiger partial charge in [-0.2, -0.15) is 0 Å². The van der Waals surface area contributed by atoms with E-state index < -0.39 is 17.3 Å². The molecule has 1 N–H and O–H groups in total. The molecule has 1 atom stereocenters. The molecule has 1 aromatic carbocycles. The van der Waals surface area contributed by atoms with Crippen molar-refractivity contribution in [1.29, 1.82) is 0 Å². The minimum Gasteiger partial charge on any atom is -0.385 e. The molecule has 2 nitrogen and oxygen atoms in total. The summed E-state index contributed by atoms with van der Waals surface area (Å²) in [6.45, 7) is 5.31. The predicted molar refractivity (Wildman–Crippen MR) is 68.3 cm³/mol. The minimum atomic E-state index is -1.08. The highest BCUT2D eigenvalue weighted by atomic mass is 79.9. The lowest BCUT2D eigenvalue weighted by molar-refractivity contribution is -0.131. The third kappa shape index (κ3) is 3.89. The Morgan fingerprint density at radius 1 is 1.47 bits per heavy atom. The Morgan fingerprint density at radius 3 is 2.59 bits per heavy atom. The molecule has 0 aliphatic heterocycles. The maximum absolute atomic E-state index is 13.4. The summed E-state index contributed by atoms with van der Waals surface area (Å²) >= 11 is 3.22. The number of rotatable bonds is 3. The number of hydrogen-bond donors (Lipinski definition) is 1. The Hall–Kier alpha value is -0.740. The van der Waals surface area contributed by atoms with Crippen LogP contribution in [-0.4, -0.2) is 17.0 Å². The Bertz CT molecular complexity index is 424. The van der Waals surface area contributed by atoms with Gasteiger partial charge >= 0.3 is 0 Å². The molecule has 0 saturated heterocycles. The van der Waals surface area contributed by atoms with Crippen molar-refractivity contribution >= 4 is 21.7 Å². The van der Waals surface area contributed by atoms with Gasteiger partial charge in [-0.25, -0.2) is 4.39 Å². The van der Waals surface area contributed by atoms with E-state index in [1.165, 1.54) is 6.07 Å². The summed E-state index contributed by atoms with van der Waals surface area (Å²) in [5.41, 5.74) is -0.229. The molecule has 0 spiro atoms. The predicted octanol–water partition coefficient (Wildman–Crippen LogP) is 3.11. The first-order valence-electron chi connectivity index (χ1n) is 5.36. The number of carbonyl (C=O) groups excluding carboxylic acids is 1. The first kappa shape index (κ1) is 14.3. The molecule has 1 unspecified atom stereocenters. The molecule has 17 heavy (non-hydrogen) atoms.